The molecule has 0 aliphatic rings. The van der Waals surface area contributed by atoms with Crippen molar-refractivity contribution in [3.63, 3.8) is 0 Å². The molecule has 0 spiro atoms. The summed E-state index contributed by atoms with van der Waals surface area (Å²) in [6.07, 6.45) is -0.747. The van der Waals surface area contributed by atoms with Gasteiger partial charge in [0, 0.05) is 25.0 Å². The number of benzene rings is 1. The molecular weight excluding hydrogens is 298 g/mol. The van der Waals surface area contributed by atoms with E-state index in [0.717, 1.165) is 10.0 Å². The highest BCUT2D eigenvalue weighted by Crippen LogP contribution is 2.12. The number of esters is 1. The Kier molecular flexibility index (Phi) is 5.34. The summed E-state index contributed by atoms with van der Waals surface area (Å²) in [5.41, 5.74) is 1.02. The Morgan fingerprint density at radius 1 is 1.33 bits per heavy atom. The zero-order valence-corrected chi connectivity index (χ0v) is 12.2. The highest BCUT2D eigenvalue weighted by Gasteiger charge is 2.19. The summed E-state index contributed by atoms with van der Waals surface area (Å²) in [6, 6.07) is 7.71. The number of carbonyl (C=O) groups excluding carboxylic acids is 2. The Bertz CT molecular complexity index is 430. The van der Waals surface area contributed by atoms with E-state index >= 15 is 0 Å². The molecule has 1 atom stereocenters. The van der Waals surface area contributed by atoms with Crippen LogP contribution in [-0.2, 0) is 20.9 Å². The van der Waals surface area contributed by atoms with Gasteiger partial charge in [-0.2, -0.15) is 0 Å². The Morgan fingerprint density at radius 3 is 2.39 bits per heavy atom. The Hall–Kier alpha value is -1.36. The zero-order chi connectivity index (χ0) is 13.7. The normalized spacial score (nSPS) is 11.8. The molecular formula is C13H16BrNO3. The Labute approximate surface area is 115 Å². The summed E-state index contributed by atoms with van der Waals surface area (Å²) in [6.45, 7) is 3.35. The van der Waals surface area contributed by atoms with Gasteiger partial charge in [-0.25, -0.2) is 0 Å². The van der Waals surface area contributed by atoms with Gasteiger partial charge >= 0.3 is 5.97 Å². The van der Waals surface area contributed by atoms with Crippen LogP contribution in [0.15, 0.2) is 28.7 Å². The van der Waals surface area contributed by atoms with Gasteiger partial charge in [-0.05, 0) is 24.6 Å². The third kappa shape index (κ3) is 4.49. The number of nitrogens with zero attached hydrogens (tertiary/aromatic N) is 1. The lowest BCUT2D eigenvalue weighted by Gasteiger charge is -2.21. The van der Waals surface area contributed by atoms with Crippen LogP contribution < -0.4 is 0 Å². The largest absolute Gasteiger partial charge is 0.453 e. The van der Waals surface area contributed by atoms with Gasteiger partial charge in [0.05, 0.1) is 0 Å². The van der Waals surface area contributed by atoms with E-state index in [1.54, 1.807) is 14.0 Å². The summed E-state index contributed by atoms with van der Waals surface area (Å²) in [5, 5.41) is 0. The number of carbonyl (C=O) groups is 2. The molecule has 18 heavy (non-hydrogen) atoms. The fraction of sp³-hybridized carbons (Fsp3) is 0.385. The number of amides is 1. The molecule has 0 N–H and O–H groups in total. The van der Waals surface area contributed by atoms with Gasteiger partial charge in [0.25, 0.3) is 5.91 Å². The van der Waals surface area contributed by atoms with Gasteiger partial charge in [-0.3, -0.25) is 9.59 Å². The molecule has 0 saturated heterocycles. The minimum Gasteiger partial charge on any atom is -0.453 e. The van der Waals surface area contributed by atoms with Crippen LogP contribution in [0.4, 0.5) is 0 Å². The number of ether oxygens (including phenoxy) is 1. The van der Waals surface area contributed by atoms with Gasteiger partial charge < -0.3 is 9.64 Å². The smallest absolute Gasteiger partial charge is 0.303 e. The number of halogens is 1. The molecule has 1 rings (SSSR count). The molecule has 98 valence electrons. The molecule has 0 saturated carbocycles. The second-order valence-electron chi connectivity index (χ2n) is 4.07. The maximum Gasteiger partial charge on any atom is 0.303 e. The van der Waals surface area contributed by atoms with E-state index in [1.807, 2.05) is 24.3 Å². The molecule has 0 aromatic heterocycles. The van der Waals surface area contributed by atoms with Crippen LogP contribution in [0.3, 0.4) is 0 Å². The SMILES string of the molecule is CC(=O)O[C@@H](C)C(=O)N(C)Cc1ccc(Br)cc1. The van der Waals surface area contributed by atoms with Gasteiger partial charge in [0.15, 0.2) is 6.10 Å². The maximum atomic E-state index is 11.9. The summed E-state index contributed by atoms with van der Waals surface area (Å²) in [4.78, 5) is 24.2. The predicted octanol–water partition coefficient (Wildman–Crippen LogP) is 2.36. The molecule has 0 radical (unpaired) electrons. The van der Waals surface area contributed by atoms with E-state index in [2.05, 4.69) is 15.9 Å². The molecule has 0 aliphatic carbocycles. The van der Waals surface area contributed by atoms with Gasteiger partial charge in [-0.15, -0.1) is 0 Å². The molecule has 0 heterocycles. The molecule has 0 unspecified atom stereocenters. The number of rotatable bonds is 4. The topological polar surface area (TPSA) is 46.6 Å². The zero-order valence-electron chi connectivity index (χ0n) is 10.6. The average Bonchev–Trinajstić information content (AvgIpc) is 2.30. The predicted molar refractivity (Wildman–Crippen MR) is 71.8 cm³/mol. The molecule has 5 heteroatoms. The molecule has 0 fully saturated rings. The summed E-state index contributed by atoms with van der Waals surface area (Å²) < 4.78 is 5.85. The highest BCUT2D eigenvalue weighted by atomic mass is 79.9. The summed E-state index contributed by atoms with van der Waals surface area (Å²) in [7, 11) is 1.68. The van der Waals surface area contributed by atoms with E-state index in [9.17, 15) is 9.59 Å². The third-order valence-electron chi connectivity index (χ3n) is 2.40. The highest BCUT2D eigenvalue weighted by molar-refractivity contribution is 9.10. The average molecular weight is 314 g/mol. The second-order valence-corrected chi connectivity index (χ2v) is 4.99. The fourth-order valence-electron chi connectivity index (χ4n) is 1.55. The van der Waals surface area contributed by atoms with Crippen LogP contribution in [0.5, 0.6) is 0 Å². The quantitative estimate of drug-likeness (QED) is 0.802. The van der Waals surface area contributed by atoms with Crippen molar-refractivity contribution in [1.82, 2.24) is 4.90 Å². The van der Waals surface area contributed by atoms with Crippen molar-refractivity contribution in [3.8, 4) is 0 Å². The first-order valence-electron chi connectivity index (χ1n) is 5.57. The first-order chi connectivity index (χ1) is 8.40. The van der Waals surface area contributed by atoms with Crippen LogP contribution in [0.2, 0.25) is 0 Å². The molecule has 4 nitrogen and oxygen atoms in total. The lowest BCUT2D eigenvalue weighted by Crippen LogP contribution is -2.36. The molecule has 0 bridgehead atoms. The van der Waals surface area contributed by atoms with Crippen molar-refractivity contribution < 1.29 is 14.3 Å². The first kappa shape index (κ1) is 14.7. The van der Waals surface area contributed by atoms with Gasteiger partial charge in [0.1, 0.15) is 0 Å². The monoisotopic (exact) mass is 313 g/mol. The fourth-order valence-corrected chi connectivity index (χ4v) is 1.82. The summed E-state index contributed by atoms with van der Waals surface area (Å²) in [5.74, 6) is -0.666. The van der Waals surface area contributed by atoms with Crippen molar-refractivity contribution >= 4 is 27.8 Å². The van der Waals surface area contributed by atoms with Crippen molar-refractivity contribution in [1.29, 1.82) is 0 Å². The van der Waals surface area contributed by atoms with E-state index in [1.165, 1.54) is 11.8 Å². The van der Waals surface area contributed by atoms with E-state index in [4.69, 9.17) is 4.74 Å². The van der Waals surface area contributed by atoms with Crippen LogP contribution in [-0.4, -0.2) is 29.9 Å². The van der Waals surface area contributed by atoms with Crippen molar-refractivity contribution in [2.45, 2.75) is 26.5 Å². The standard InChI is InChI=1S/C13H16BrNO3/c1-9(18-10(2)16)13(17)15(3)8-11-4-6-12(14)7-5-11/h4-7,9H,8H2,1-3H3/t9-/m0/s1. The number of likely N-dealkylation sites (N-methyl/N-ethyl adjacent to an activating group) is 1. The van der Waals surface area contributed by atoms with Crippen LogP contribution >= 0.6 is 15.9 Å². The van der Waals surface area contributed by atoms with Crippen molar-refractivity contribution in [3.05, 3.63) is 34.3 Å². The van der Waals surface area contributed by atoms with Crippen LogP contribution in [0.25, 0.3) is 0 Å². The van der Waals surface area contributed by atoms with Crippen molar-refractivity contribution in [2.24, 2.45) is 0 Å². The second kappa shape index (κ2) is 6.54. The Balaban J connectivity index is 2.59. The van der Waals surface area contributed by atoms with Gasteiger partial charge in [-0.1, -0.05) is 28.1 Å². The van der Waals surface area contributed by atoms with Gasteiger partial charge in [0.2, 0.25) is 0 Å². The van der Waals surface area contributed by atoms with E-state index in [-0.39, 0.29) is 5.91 Å². The maximum absolute atomic E-state index is 11.9. The minimum absolute atomic E-state index is 0.215. The Morgan fingerprint density at radius 2 is 1.89 bits per heavy atom. The third-order valence-corrected chi connectivity index (χ3v) is 2.93. The molecule has 1 aromatic carbocycles. The number of hydrogen-bond acceptors (Lipinski definition) is 3. The lowest BCUT2D eigenvalue weighted by atomic mass is 10.2. The van der Waals surface area contributed by atoms with E-state index < -0.39 is 12.1 Å². The molecule has 1 amide bonds. The first-order valence-corrected chi connectivity index (χ1v) is 6.36. The summed E-state index contributed by atoms with van der Waals surface area (Å²) >= 11 is 3.35. The molecule has 1 aromatic rings. The molecule has 0 aliphatic heterocycles. The van der Waals surface area contributed by atoms with Crippen molar-refractivity contribution in [2.75, 3.05) is 7.05 Å². The van der Waals surface area contributed by atoms with E-state index in [0.29, 0.717) is 6.54 Å². The minimum atomic E-state index is -0.747. The van der Waals surface area contributed by atoms with Crippen LogP contribution in [0, 0.1) is 0 Å². The number of hydrogen-bond donors (Lipinski definition) is 0. The van der Waals surface area contributed by atoms with Crippen LogP contribution in [0.1, 0.15) is 19.4 Å². The lowest BCUT2D eigenvalue weighted by molar-refractivity contribution is -0.156.